The highest BCUT2D eigenvalue weighted by atomic mass is 32.1. The Bertz CT molecular complexity index is 991. The summed E-state index contributed by atoms with van der Waals surface area (Å²) in [5, 5.41) is 10.3. The van der Waals surface area contributed by atoms with Crippen LogP contribution in [0.5, 0.6) is 5.75 Å². The molecule has 0 aliphatic carbocycles. The number of nitrogens with zero attached hydrogens (tertiary/aromatic N) is 6. The number of morpholine rings is 1. The molecule has 1 aromatic carbocycles. The van der Waals surface area contributed by atoms with Crippen molar-refractivity contribution in [2.45, 2.75) is 0 Å². The fourth-order valence-corrected chi connectivity index (χ4v) is 3.42. The van der Waals surface area contributed by atoms with Crippen LogP contribution >= 0.6 is 0 Å². The number of nitrogens with one attached hydrogen (secondary N) is 1. The summed E-state index contributed by atoms with van der Waals surface area (Å²) in [6.07, 6.45) is 1.73. The van der Waals surface area contributed by atoms with Crippen molar-refractivity contribution in [2.75, 3.05) is 44.9 Å². The van der Waals surface area contributed by atoms with E-state index in [1.54, 1.807) is 23.4 Å². The molecule has 0 bridgehead atoms. The van der Waals surface area contributed by atoms with Crippen LogP contribution in [0, 0.1) is 0 Å². The first-order chi connectivity index (χ1) is 14.1. The van der Waals surface area contributed by atoms with Gasteiger partial charge in [-0.05, 0) is 34.8 Å². The van der Waals surface area contributed by atoms with Crippen molar-refractivity contribution in [2.24, 2.45) is 15.2 Å². The molecule has 0 saturated carbocycles. The molecule has 1 fully saturated rings. The smallest absolute Gasteiger partial charge is 0.474 e. The van der Waals surface area contributed by atoms with Crippen LogP contribution in [0.25, 0.3) is 0 Å². The lowest BCUT2D eigenvalue weighted by atomic mass is 10.2. The standard InChI is InChI=1S/C17H20N8O3S/c1-23(19-10-12-2-4-13(5-3-12)28-11-14(18)26)17-25-16(22-29-17)20-15(21-25)24-6-8-27-9-7-24/h2-5,10H,6-9,11H2,1H3,(H2,18,26)/p+1/b19-10-. The highest BCUT2D eigenvalue weighted by Crippen LogP contribution is 2.14. The number of anilines is 1. The molecular weight excluding hydrogens is 396 g/mol. The van der Waals surface area contributed by atoms with Gasteiger partial charge in [-0.25, -0.2) is 5.01 Å². The Hall–Kier alpha value is -3.25. The van der Waals surface area contributed by atoms with Gasteiger partial charge in [-0.2, -0.15) is 10.2 Å². The van der Waals surface area contributed by atoms with E-state index in [4.69, 9.17) is 15.2 Å². The van der Waals surface area contributed by atoms with Gasteiger partial charge in [-0.1, -0.05) is 4.68 Å². The largest absolute Gasteiger partial charge is 0.484 e. The highest BCUT2D eigenvalue weighted by molar-refractivity contribution is 7.68. The predicted octanol–water partition coefficient (Wildman–Crippen LogP) is -0.789. The van der Waals surface area contributed by atoms with Gasteiger partial charge in [0.2, 0.25) is 0 Å². The molecule has 1 amide bonds. The topological polar surface area (TPSA) is 125 Å². The van der Waals surface area contributed by atoms with Crippen LogP contribution in [0.15, 0.2) is 33.7 Å². The normalized spacial score (nSPS) is 15.8. The monoisotopic (exact) mass is 417 g/mol. The van der Waals surface area contributed by atoms with Gasteiger partial charge in [0, 0.05) is 24.5 Å². The van der Waals surface area contributed by atoms with Crippen molar-refractivity contribution in [1.82, 2.24) is 15.1 Å². The van der Waals surface area contributed by atoms with Crippen LogP contribution in [0.2, 0.25) is 0 Å². The average molecular weight is 417 g/mol. The number of hydrogen-bond acceptors (Lipinski definition) is 8. The van der Waals surface area contributed by atoms with Crippen molar-refractivity contribution in [3.05, 3.63) is 29.8 Å². The van der Waals surface area contributed by atoms with Crippen LogP contribution in [-0.2, 0) is 20.7 Å². The summed E-state index contributed by atoms with van der Waals surface area (Å²) in [5.41, 5.74) is 5.95. The molecule has 0 radical (unpaired) electrons. The van der Waals surface area contributed by atoms with E-state index in [-0.39, 0.29) is 6.61 Å². The Labute approximate surface area is 170 Å². The molecule has 0 unspecified atom stereocenters. The second-order valence-electron chi connectivity index (χ2n) is 6.34. The summed E-state index contributed by atoms with van der Waals surface area (Å²) in [6, 6.07) is 7.20. The van der Waals surface area contributed by atoms with Crippen LogP contribution < -0.4 is 20.1 Å². The maximum atomic E-state index is 10.8. The Morgan fingerprint density at radius 3 is 2.93 bits per heavy atom. The lowest BCUT2D eigenvalue weighted by molar-refractivity contribution is -0.607. The van der Waals surface area contributed by atoms with Gasteiger partial charge in [-0.15, -0.1) is 0 Å². The number of amides is 1. The van der Waals surface area contributed by atoms with E-state index in [2.05, 4.69) is 24.4 Å². The summed E-state index contributed by atoms with van der Waals surface area (Å²) in [5.74, 6) is 1.43. The molecule has 2 aliphatic rings. The lowest BCUT2D eigenvalue weighted by Gasteiger charge is -2.24. The van der Waals surface area contributed by atoms with Crippen molar-refractivity contribution < 1.29 is 19.0 Å². The fourth-order valence-electron chi connectivity index (χ4n) is 2.76. The molecule has 3 heterocycles. The summed E-state index contributed by atoms with van der Waals surface area (Å²) < 4.78 is 16.8. The zero-order valence-electron chi connectivity index (χ0n) is 15.8. The Balaban J connectivity index is 1.41. The number of carbonyl (C=O) groups is 1. The molecule has 12 heteroatoms. The minimum absolute atomic E-state index is 0.147. The minimum Gasteiger partial charge on any atom is -0.484 e. The number of benzene rings is 1. The molecule has 1 aromatic heterocycles. The second kappa shape index (κ2) is 8.41. The van der Waals surface area contributed by atoms with E-state index in [1.165, 1.54) is 11.1 Å². The average Bonchev–Trinajstić information content (AvgIpc) is 3.33. The number of carbonyl (C=O) groups excluding carboxylic acids is 1. The first-order valence-electron chi connectivity index (χ1n) is 8.99. The first kappa shape index (κ1) is 19.1. The van der Waals surface area contributed by atoms with Gasteiger partial charge >= 0.3 is 17.0 Å². The van der Waals surface area contributed by atoms with Gasteiger partial charge in [0.1, 0.15) is 16.9 Å². The Morgan fingerprint density at radius 2 is 2.21 bits per heavy atom. The molecule has 152 valence electrons. The van der Waals surface area contributed by atoms with E-state index < -0.39 is 5.91 Å². The molecule has 11 nitrogen and oxygen atoms in total. The third kappa shape index (κ3) is 4.43. The minimum atomic E-state index is -0.513. The zero-order valence-corrected chi connectivity index (χ0v) is 16.6. The van der Waals surface area contributed by atoms with Gasteiger partial charge in [0.15, 0.2) is 6.61 Å². The van der Waals surface area contributed by atoms with Crippen LogP contribution in [-0.4, -0.2) is 72.3 Å². The Kier molecular flexibility index (Phi) is 5.53. The van der Waals surface area contributed by atoms with Gasteiger partial charge < -0.3 is 20.1 Å². The molecule has 29 heavy (non-hydrogen) atoms. The lowest BCUT2D eigenvalue weighted by Crippen LogP contribution is -2.50. The van der Waals surface area contributed by atoms with Gasteiger partial charge in [0.05, 0.1) is 19.4 Å². The number of ether oxygens (including phenoxy) is 2. The number of hydrazone groups is 1. The van der Waals surface area contributed by atoms with Crippen LogP contribution in [0.4, 0.5) is 11.9 Å². The highest BCUT2D eigenvalue weighted by Gasteiger charge is 2.31. The molecule has 2 aliphatic heterocycles. The van der Waals surface area contributed by atoms with Crippen LogP contribution in [0.1, 0.15) is 5.56 Å². The number of rotatable bonds is 6. The van der Waals surface area contributed by atoms with Gasteiger partial charge in [0.25, 0.3) is 5.91 Å². The van der Waals surface area contributed by atoms with Crippen molar-refractivity contribution in [3.8, 4) is 5.75 Å². The molecule has 2 aromatic rings. The number of hydrogen-bond donors (Lipinski definition) is 2. The molecule has 0 atom stereocenters. The maximum absolute atomic E-state index is 10.8. The SMILES string of the molecule is CN(/N=C\c1ccc(OCC(N)=O)cc1)C1=S=Nc2nc(N3CCOCC3)[nH][n+]21. The number of nitrogens with two attached hydrogens (primary N) is 1. The molecule has 4 rings (SSSR count). The summed E-state index contributed by atoms with van der Waals surface area (Å²) in [6.45, 7) is 2.82. The summed E-state index contributed by atoms with van der Waals surface area (Å²) in [4.78, 5) is 17.4. The van der Waals surface area contributed by atoms with E-state index in [9.17, 15) is 4.79 Å². The van der Waals surface area contributed by atoms with E-state index in [0.29, 0.717) is 24.9 Å². The molecule has 3 N–H and O–H groups in total. The van der Waals surface area contributed by atoms with Crippen molar-refractivity contribution >= 4 is 40.3 Å². The van der Waals surface area contributed by atoms with Gasteiger partial charge in [-0.3, -0.25) is 4.79 Å². The predicted molar refractivity (Wildman–Crippen MR) is 108 cm³/mol. The number of H-pyrrole nitrogens is 1. The Morgan fingerprint density at radius 1 is 1.45 bits per heavy atom. The van der Waals surface area contributed by atoms with E-state index in [1.807, 2.05) is 23.9 Å². The van der Waals surface area contributed by atoms with Crippen molar-refractivity contribution in [1.29, 1.82) is 0 Å². The third-order valence-corrected chi connectivity index (χ3v) is 5.11. The molecule has 1 saturated heterocycles. The summed E-state index contributed by atoms with van der Waals surface area (Å²) >= 11 is 1.30. The molecule has 0 spiro atoms. The fraction of sp³-hybridized carbons (Fsp3) is 0.353. The van der Waals surface area contributed by atoms with E-state index >= 15 is 0 Å². The number of primary amides is 1. The number of aromatic nitrogens is 3. The van der Waals surface area contributed by atoms with E-state index in [0.717, 1.165) is 29.7 Å². The summed E-state index contributed by atoms with van der Waals surface area (Å²) in [7, 11) is 1.84. The number of fused-ring (bicyclic) bond motifs is 1. The second-order valence-corrected chi connectivity index (χ2v) is 7.07. The first-order valence-corrected chi connectivity index (χ1v) is 9.76. The third-order valence-electron chi connectivity index (χ3n) is 4.25. The number of aromatic amines is 1. The maximum Gasteiger partial charge on any atom is 0.474 e. The van der Waals surface area contributed by atoms with Crippen molar-refractivity contribution in [3.63, 3.8) is 0 Å². The zero-order chi connectivity index (χ0) is 20.2. The quantitative estimate of drug-likeness (QED) is 0.275. The molecular formula is C17H21N8O3S+. The van der Waals surface area contributed by atoms with Crippen LogP contribution in [0.3, 0.4) is 0 Å².